The molecule has 1 aromatic heterocycles. The van der Waals surface area contributed by atoms with Crippen LogP contribution < -0.4 is 5.32 Å². The first kappa shape index (κ1) is 21.7. The number of amides is 1. The van der Waals surface area contributed by atoms with Gasteiger partial charge < -0.3 is 10.1 Å². The van der Waals surface area contributed by atoms with Gasteiger partial charge in [0.05, 0.1) is 15.5 Å². The highest BCUT2D eigenvalue weighted by Crippen LogP contribution is 2.39. The first-order chi connectivity index (χ1) is 14.1. The van der Waals surface area contributed by atoms with E-state index in [-0.39, 0.29) is 23.4 Å². The minimum Gasteiger partial charge on any atom is -0.461 e. The first-order valence-electron chi connectivity index (χ1n) is 8.95. The zero-order valence-electron chi connectivity index (χ0n) is 16.6. The summed E-state index contributed by atoms with van der Waals surface area (Å²) in [6.45, 7) is 2.95. The van der Waals surface area contributed by atoms with E-state index in [1.54, 1.807) is 24.3 Å². The molecule has 3 aromatic rings. The van der Waals surface area contributed by atoms with E-state index in [0.717, 1.165) is 27.8 Å². The molecule has 0 aliphatic rings. The van der Waals surface area contributed by atoms with Gasteiger partial charge >= 0.3 is 5.97 Å². The maximum atomic E-state index is 11.7. The van der Waals surface area contributed by atoms with Gasteiger partial charge in [0, 0.05) is 25.7 Å². The average Bonchev–Trinajstić information content (AvgIpc) is 3.09. The smallest absolute Gasteiger partial charge is 0.302 e. The quantitative estimate of drug-likeness (QED) is 0.579. The number of thiazole rings is 1. The van der Waals surface area contributed by atoms with Crippen molar-refractivity contribution in [2.45, 2.75) is 25.3 Å². The maximum Gasteiger partial charge on any atom is 0.302 e. The summed E-state index contributed by atoms with van der Waals surface area (Å²) >= 11 is 1.31. The number of carbonyl (C=O) groups excluding carboxylic acids is 2. The molecule has 2 aromatic carbocycles. The molecule has 0 aliphatic heterocycles. The lowest BCUT2D eigenvalue weighted by atomic mass is 10.1. The molecule has 0 atom stereocenters. The SMILES string of the molecule is CC(=O)Nc1nc(-c2ccc(COC(C)=O)cc2)c(-c2ccc(S(C)(=O)=O)cc2)s1. The number of ether oxygens (including phenoxy) is 1. The maximum absolute atomic E-state index is 11.7. The molecule has 7 nitrogen and oxygen atoms in total. The summed E-state index contributed by atoms with van der Waals surface area (Å²) in [7, 11) is -3.30. The zero-order chi connectivity index (χ0) is 21.9. The second kappa shape index (κ2) is 8.76. The van der Waals surface area contributed by atoms with E-state index in [2.05, 4.69) is 10.3 Å². The van der Waals surface area contributed by atoms with Gasteiger partial charge in [0.1, 0.15) is 6.61 Å². The lowest BCUT2D eigenvalue weighted by Crippen LogP contribution is -2.04. The zero-order valence-corrected chi connectivity index (χ0v) is 18.3. The Morgan fingerprint density at radius 2 is 1.60 bits per heavy atom. The topological polar surface area (TPSA) is 102 Å². The summed E-state index contributed by atoms with van der Waals surface area (Å²) in [6.07, 6.45) is 1.16. The molecule has 0 saturated heterocycles. The molecular weight excluding hydrogens is 424 g/mol. The third-order valence-corrected chi connectivity index (χ3v) is 6.27. The second-order valence-corrected chi connectivity index (χ2v) is 9.67. The van der Waals surface area contributed by atoms with Gasteiger partial charge in [-0.2, -0.15) is 0 Å². The van der Waals surface area contributed by atoms with Crippen molar-refractivity contribution < 1.29 is 22.7 Å². The number of sulfone groups is 1. The van der Waals surface area contributed by atoms with Crippen molar-refractivity contribution in [1.29, 1.82) is 0 Å². The van der Waals surface area contributed by atoms with Crippen LogP contribution in [0.1, 0.15) is 19.4 Å². The number of hydrogen-bond acceptors (Lipinski definition) is 7. The van der Waals surface area contributed by atoms with Crippen molar-refractivity contribution in [3.8, 4) is 21.7 Å². The monoisotopic (exact) mass is 444 g/mol. The molecule has 1 amide bonds. The number of nitrogens with zero attached hydrogens (tertiary/aromatic N) is 1. The number of benzene rings is 2. The minimum absolute atomic E-state index is 0.184. The molecule has 0 bridgehead atoms. The van der Waals surface area contributed by atoms with Crippen LogP contribution >= 0.6 is 11.3 Å². The van der Waals surface area contributed by atoms with Crippen LogP contribution in [-0.4, -0.2) is 31.5 Å². The molecule has 0 unspecified atom stereocenters. The molecule has 3 rings (SSSR count). The summed E-state index contributed by atoms with van der Waals surface area (Å²) in [6, 6.07) is 13.9. The van der Waals surface area contributed by atoms with Crippen LogP contribution in [0.2, 0.25) is 0 Å². The molecule has 1 N–H and O–H groups in total. The Kier molecular flexibility index (Phi) is 6.33. The number of rotatable bonds is 6. The highest BCUT2D eigenvalue weighted by atomic mass is 32.2. The molecule has 1 heterocycles. The standard InChI is InChI=1S/C21H20N2O5S2/c1-13(24)22-21-23-19(16-6-4-15(5-7-16)12-28-14(2)25)20(29-21)17-8-10-18(11-9-17)30(3,26)27/h4-11H,12H2,1-3H3,(H,22,23,24). The summed E-state index contributed by atoms with van der Waals surface area (Å²) < 4.78 is 28.5. The van der Waals surface area contributed by atoms with Crippen molar-refractivity contribution in [3.63, 3.8) is 0 Å². The van der Waals surface area contributed by atoms with Crippen LogP contribution in [-0.2, 0) is 30.8 Å². The molecule has 0 fully saturated rings. The van der Waals surface area contributed by atoms with Gasteiger partial charge in [0.25, 0.3) is 0 Å². The summed E-state index contributed by atoms with van der Waals surface area (Å²) in [4.78, 5) is 28.0. The van der Waals surface area contributed by atoms with Crippen LogP contribution in [0.15, 0.2) is 53.4 Å². The molecule has 0 saturated carbocycles. The Hall–Kier alpha value is -3.04. The summed E-state index contributed by atoms with van der Waals surface area (Å²) in [5.41, 5.74) is 3.10. The summed E-state index contributed by atoms with van der Waals surface area (Å²) in [5, 5.41) is 3.15. The number of anilines is 1. The van der Waals surface area contributed by atoms with E-state index in [1.807, 2.05) is 24.3 Å². The predicted molar refractivity (Wildman–Crippen MR) is 116 cm³/mol. The number of esters is 1. The van der Waals surface area contributed by atoms with Gasteiger partial charge in [0.2, 0.25) is 5.91 Å². The third-order valence-electron chi connectivity index (χ3n) is 4.12. The summed E-state index contributed by atoms with van der Waals surface area (Å²) in [5.74, 6) is -0.579. The van der Waals surface area contributed by atoms with Crippen LogP contribution in [0.25, 0.3) is 21.7 Å². The lowest BCUT2D eigenvalue weighted by molar-refractivity contribution is -0.142. The van der Waals surface area contributed by atoms with Crippen LogP contribution in [0.4, 0.5) is 5.13 Å². The van der Waals surface area contributed by atoms with Crippen molar-refractivity contribution >= 4 is 38.2 Å². The van der Waals surface area contributed by atoms with Gasteiger partial charge in [-0.05, 0) is 23.3 Å². The molecule has 0 spiro atoms. The second-order valence-electron chi connectivity index (χ2n) is 6.65. The van der Waals surface area contributed by atoms with E-state index in [1.165, 1.54) is 25.2 Å². The fourth-order valence-electron chi connectivity index (χ4n) is 2.71. The van der Waals surface area contributed by atoms with E-state index in [4.69, 9.17) is 4.74 Å². The van der Waals surface area contributed by atoms with Gasteiger partial charge in [-0.25, -0.2) is 13.4 Å². The number of nitrogens with one attached hydrogen (secondary N) is 1. The normalized spacial score (nSPS) is 11.2. The fraction of sp³-hybridized carbons (Fsp3) is 0.190. The highest BCUT2D eigenvalue weighted by Gasteiger charge is 2.17. The van der Waals surface area contributed by atoms with Crippen molar-refractivity contribution in [2.24, 2.45) is 0 Å². The van der Waals surface area contributed by atoms with Gasteiger partial charge in [0.15, 0.2) is 15.0 Å². The van der Waals surface area contributed by atoms with Gasteiger partial charge in [-0.15, -0.1) is 0 Å². The Morgan fingerprint density at radius 3 is 2.13 bits per heavy atom. The largest absolute Gasteiger partial charge is 0.461 e. The van der Waals surface area contributed by atoms with Gasteiger partial charge in [-0.3, -0.25) is 9.59 Å². The molecule has 9 heteroatoms. The number of hydrogen-bond donors (Lipinski definition) is 1. The first-order valence-corrected chi connectivity index (χ1v) is 11.7. The van der Waals surface area contributed by atoms with Crippen molar-refractivity contribution in [1.82, 2.24) is 4.98 Å². The van der Waals surface area contributed by atoms with E-state index >= 15 is 0 Å². The average molecular weight is 445 g/mol. The Morgan fingerprint density at radius 1 is 1.00 bits per heavy atom. The van der Waals surface area contributed by atoms with Crippen LogP contribution in [0, 0.1) is 0 Å². The predicted octanol–water partition coefficient (Wildman–Crippen LogP) is 3.90. The van der Waals surface area contributed by atoms with Gasteiger partial charge in [-0.1, -0.05) is 47.7 Å². The highest BCUT2D eigenvalue weighted by molar-refractivity contribution is 7.90. The van der Waals surface area contributed by atoms with E-state index < -0.39 is 9.84 Å². The van der Waals surface area contributed by atoms with E-state index in [0.29, 0.717) is 10.8 Å². The molecular formula is C21H20N2O5S2. The van der Waals surface area contributed by atoms with Crippen molar-refractivity contribution in [3.05, 3.63) is 54.1 Å². The number of aromatic nitrogens is 1. The van der Waals surface area contributed by atoms with E-state index in [9.17, 15) is 18.0 Å². The Labute approximate surface area is 178 Å². The molecule has 156 valence electrons. The molecule has 30 heavy (non-hydrogen) atoms. The van der Waals surface area contributed by atoms with Crippen LogP contribution in [0.3, 0.4) is 0 Å². The Bertz CT molecular complexity index is 1180. The third kappa shape index (κ3) is 5.31. The number of carbonyl (C=O) groups is 2. The fourth-order valence-corrected chi connectivity index (χ4v) is 4.38. The minimum atomic E-state index is -3.30. The molecule has 0 aliphatic carbocycles. The Balaban J connectivity index is 2.00. The lowest BCUT2D eigenvalue weighted by Gasteiger charge is -2.06. The van der Waals surface area contributed by atoms with Crippen LogP contribution in [0.5, 0.6) is 0 Å². The van der Waals surface area contributed by atoms with Crippen molar-refractivity contribution in [2.75, 3.05) is 11.6 Å². The molecule has 0 radical (unpaired) electrons.